The van der Waals surface area contributed by atoms with E-state index in [-0.39, 0.29) is 17.6 Å². The number of ether oxygens (including phenoxy) is 1. The van der Waals surface area contributed by atoms with Crippen molar-refractivity contribution in [3.8, 4) is 11.5 Å². The molecule has 2 aromatic carbocycles. The van der Waals surface area contributed by atoms with Gasteiger partial charge in [-0.1, -0.05) is 24.3 Å². The van der Waals surface area contributed by atoms with E-state index in [1.807, 2.05) is 24.3 Å². The zero-order valence-corrected chi connectivity index (χ0v) is 17.4. The van der Waals surface area contributed by atoms with E-state index in [1.54, 1.807) is 19.2 Å². The molecule has 0 spiro atoms. The molecule has 2 N–H and O–H groups in total. The number of hydrogen-bond donors (Lipinski definition) is 2. The third-order valence-corrected chi connectivity index (χ3v) is 6.30. The second-order valence-electron chi connectivity index (χ2n) is 8.10. The molecule has 0 aromatic heterocycles. The number of phenolic OH excluding ortho intramolecular Hbond substituents is 1. The van der Waals surface area contributed by atoms with E-state index in [2.05, 4.69) is 14.7 Å². The second kappa shape index (κ2) is 9.20. The number of para-hydroxylation sites is 2. The number of likely N-dealkylation sites (tertiary alicyclic amines) is 1. The van der Waals surface area contributed by atoms with Crippen molar-refractivity contribution in [3.05, 3.63) is 53.8 Å². The summed E-state index contributed by atoms with van der Waals surface area (Å²) in [4.78, 5) is 6.59. The predicted octanol–water partition coefficient (Wildman–Crippen LogP) is 2.30. The van der Waals surface area contributed by atoms with Crippen molar-refractivity contribution in [2.75, 3.05) is 51.3 Å². The molecule has 0 bridgehead atoms. The van der Waals surface area contributed by atoms with Crippen LogP contribution in [0.5, 0.6) is 11.5 Å². The first-order chi connectivity index (χ1) is 14.6. The van der Waals surface area contributed by atoms with Gasteiger partial charge in [0.05, 0.1) is 18.9 Å². The molecule has 2 heterocycles. The first-order valence-corrected chi connectivity index (χ1v) is 10.6. The monoisotopic (exact) mass is 415 g/mol. The van der Waals surface area contributed by atoms with Gasteiger partial charge in [-0.3, -0.25) is 9.80 Å². The van der Waals surface area contributed by atoms with Crippen molar-refractivity contribution in [2.45, 2.75) is 25.1 Å². The van der Waals surface area contributed by atoms with Gasteiger partial charge in [0.25, 0.3) is 0 Å². The highest BCUT2D eigenvalue weighted by atomic mass is 19.1. The minimum Gasteiger partial charge on any atom is -0.504 e. The SMILES string of the molecule is COc1cccc(CN2CC[C@@H](N3CCN(c4ccccc4F)CC3)[C@H](O)C2)c1O. The van der Waals surface area contributed by atoms with Gasteiger partial charge in [0.2, 0.25) is 0 Å². The highest BCUT2D eigenvalue weighted by molar-refractivity contribution is 5.48. The van der Waals surface area contributed by atoms with Crippen molar-refractivity contribution < 1.29 is 19.3 Å². The third kappa shape index (κ3) is 4.38. The highest BCUT2D eigenvalue weighted by Crippen LogP contribution is 2.31. The number of halogens is 1. The number of aromatic hydroxyl groups is 1. The van der Waals surface area contributed by atoms with Gasteiger partial charge in [0, 0.05) is 57.4 Å². The van der Waals surface area contributed by atoms with Crippen LogP contribution in [-0.2, 0) is 6.54 Å². The zero-order valence-electron chi connectivity index (χ0n) is 17.4. The summed E-state index contributed by atoms with van der Waals surface area (Å²) in [5.41, 5.74) is 1.46. The number of methoxy groups -OCH3 is 1. The fourth-order valence-corrected chi connectivity index (χ4v) is 4.66. The topological polar surface area (TPSA) is 59.4 Å². The average Bonchev–Trinajstić information content (AvgIpc) is 2.76. The van der Waals surface area contributed by atoms with Gasteiger partial charge in [-0.15, -0.1) is 0 Å². The van der Waals surface area contributed by atoms with E-state index in [4.69, 9.17) is 4.74 Å². The lowest BCUT2D eigenvalue weighted by Crippen LogP contribution is -2.58. The molecular weight excluding hydrogens is 385 g/mol. The Labute approximate surface area is 177 Å². The van der Waals surface area contributed by atoms with Gasteiger partial charge in [-0.25, -0.2) is 4.39 Å². The Kier molecular flexibility index (Phi) is 6.41. The zero-order chi connectivity index (χ0) is 21.1. The van der Waals surface area contributed by atoms with Crippen LogP contribution in [0.15, 0.2) is 42.5 Å². The number of phenols is 1. The summed E-state index contributed by atoms with van der Waals surface area (Å²) in [6, 6.07) is 12.5. The number of piperazine rings is 1. The summed E-state index contributed by atoms with van der Waals surface area (Å²) in [7, 11) is 1.54. The number of hydrogen-bond acceptors (Lipinski definition) is 6. The maximum absolute atomic E-state index is 14.1. The summed E-state index contributed by atoms with van der Waals surface area (Å²) >= 11 is 0. The Morgan fingerprint density at radius 2 is 1.80 bits per heavy atom. The van der Waals surface area contributed by atoms with Gasteiger partial charge in [0.1, 0.15) is 5.82 Å². The normalized spacial score (nSPS) is 23.5. The number of nitrogens with zero attached hydrogens (tertiary/aromatic N) is 3. The third-order valence-electron chi connectivity index (χ3n) is 6.30. The lowest BCUT2D eigenvalue weighted by Gasteiger charge is -2.45. The number of rotatable bonds is 5. The highest BCUT2D eigenvalue weighted by Gasteiger charge is 2.34. The molecule has 0 amide bonds. The van der Waals surface area contributed by atoms with Gasteiger partial charge >= 0.3 is 0 Å². The lowest BCUT2D eigenvalue weighted by molar-refractivity contribution is -0.0173. The number of aliphatic hydroxyl groups excluding tert-OH is 1. The van der Waals surface area contributed by atoms with Crippen molar-refractivity contribution >= 4 is 5.69 Å². The van der Waals surface area contributed by atoms with Gasteiger partial charge in [-0.05, 0) is 24.6 Å². The Morgan fingerprint density at radius 1 is 1.03 bits per heavy atom. The molecule has 7 heteroatoms. The van der Waals surface area contributed by atoms with Crippen molar-refractivity contribution in [2.24, 2.45) is 0 Å². The van der Waals surface area contributed by atoms with Crippen LogP contribution in [0.2, 0.25) is 0 Å². The Bertz CT molecular complexity index is 857. The minimum absolute atomic E-state index is 0.114. The fraction of sp³-hybridized carbons (Fsp3) is 0.478. The van der Waals surface area contributed by atoms with Crippen LogP contribution in [0.1, 0.15) is 12.0 Å². The molecule has 6 nitrogen and oxygen atoms in total. The summed E-state index contributed by atoms with van der Waals surface area (Å²) in [6.07, 6.45) is 0.414. The van der Waals surface area contributed by atoms with Crippen LogP contribution >= 0.6 is 0 Å². The van der Waals surface area contributed by atoms with Crippen molar-refractivity contribution in [1.29, 1.82) is 0 Å². The molecule has 4 rings (SSSR count). The number of β-amino-alcohol motifs (C(OH)–C–C–N with tert-alkyl or cyclic N) is 1. The first kappa shape index (κ1) is 20.9. The predicted molar refractivity (Wildman–Crippen MR) is 115 cm³/mol. The fourth-order valence-electron chi connectivity index (χ4n) is 4.66. The standard InChI is InChI=1S/C23H30FN3O3/c1-30-22-8-4-5-17(23(22)29)15-25-10-9-20(21(28)16-25)27-13-11-26(12-14-27)19-7-3-2-6-18(19)24/h2-8,20-21,28-29H,9-16H2,1H3/t20-,21-/m1/s1. The summed E-state index contributed by atoms with van der Waals surface area (Å²) in [5, 5.41) is 21.1. The maximum atomic E-state index is 14.1. The van der Waals surface area contributed by atoms with Crippen LogP contribution < -0.4 is 9.64 Å². The van der Waals surface area contributed by atoms with Gasteiger partial charge < -0.3 is 19.8 Å². The van der Waals surface area contributed by atoms with E-state index in [0.717, 1.165) is 44.7 Å². The van der Waals surface area contributed by atoms with E-state index >= 15 is 0 Å². The molecule has 30 heavy (non-hydrogen) atoms. The maximum Gasteiger partial charge on any atom is 0.162 e. The molecule has 2 atom stereocenters. The van der Waals surface area contributed by atoms with Crippen molar-refractivity contribution in [1.82, 2.24) is 9.80 Å². The lowest BCUT2D eigenvalue weighted by atomic mass is 9.98. The van der Waals surface area contributed by atoms with Gasteiger partial charge in [0.15, 0.2) is 11.5 Å². The Hall–Kier alpha value is -2.35. The van der Waals surface area contributed by atoms with Crippen molar-refractivity contribution in [3.63, 3.8) is 0 Å². The van der Waals surface area contributed by atoms with Crippen LogP contribution in [0, 0.1) is 5.82 Å². The molecule has 162 valence electrons. The Morgan fingerprint density at radius 3 is 2.50 bits per heavy atom. The quantitative estimate of drug-likeness (QED) is 0.782. The average molecular weight is 416 g/mol. The molecule has 2 aliphatic heterocycles. The van der Waals surface area contributed by atoms with Crippen LogP contribution in [0.3, 0.4) is 0 Å². The van der Waals surface area contributed by atoms with E-state index in [9.17, 15) is 14.6 Å². The molecule has 0 saturated carbocycles. The van der Waals surface area contributed by atoms with E-state index in [1.165, 1.54) is 6.07 Å². The molecule has 2 saturated heterocycles. The number of aliphatic hydroxyl groups is 1. The molecule has 2 fully saturated rings. The molecule has 0 unspecified atom stereocenters. The van der Waals surface area contributed by atoms with E-state index in [0.29, 0.717) is 24.5 Å². The number of piperidine rings is 1. The molecule has 0 aliphatic carbocycles. The molecule has 2 aromatic rings. The minimum atomic E-state index is -0.452. The molecule has 0 radical (unpaired) electrons. The molecular formula is C23H30FN3O3. The first-order valence-electron chi connectivity index (χ1n) is 10.6. The molecule has 2 aliphatic rings. The summed E-state index contributed by atoms with van der Waals surface area (Å²) in [5.74, 6) is 0.455. The Balaban J connectivity index is 1.32. The van der Waals surface area contributed by atoms with Gasteiger partial charge in [-0.2, -0.15) is 0 Å². The van der Waals surface area contributed by atoms with E-state index < -0.39 is 6.10 Å². The summed E-state index contributed by atoms with van der Waals surface area (Å²) < 4.78 is 19.2. The van der Waals surface area contributed by atoms with Crippen LogP contribution in [0.25, 0.3) is 0 Å². The number of anilines is 1. The second-order valence-corrected chi connectivity index (χ2v) is 8.10. The summed E-state index contributed by atoms with van der Waals surface area (Å²) in [6.45, 7) is 5.13. The smallest absolute Gasteiger partial charge is 0.162 e. The number of benzene rings is 2. The van der Waals surface area contributed by atoms with Crippen LogP contribution in [0.4, 0.5) is 10.1 Å². The van der Waals surface area contributed by atoms with Crippen LogP contribution in [-0.4, -0.2) is 78.5 Å². The largest absolute Gasteiger partial charge is 0.504 e.